The monoisotopic (exact) mass is 350 g/mol. The van der Waals surface area contributed by atoms with Crippen molar-refractivity contribution in [3.8, 4) is 5.69 Å². The fourth-order valence-corrected chi connectivity index (χ4v) is 3.48. The highest BCUT2D eigenvalue weighted by Crippen LogP contribution is 2.31. The summed E-state index contributed by atoms with van der Waals surface area (Å²) in [7, 11) is 1.57. The van der Waals surface area contributed by atoms with Crippen LogP contribution in [0.2, 0.25) is 5.02 Å². The molecule has 1 aromatic carbocycles. The molecule has 2 aromatic heterocycles. The molecule has 23 heavy (non-hydrogen) atoms. The molecule has 0 unspecified atom stereocenters. The number of rotatable bonds is 5. The van der Waals surface area contributed by atoms with E-state index in [1.807, 2.05) is 37.3 Å². The fourth-order valence-electron chi connectivity index (χ4n) is 2.22. The van der Waals surface area contributed by atoms with Gasteiger partial charge >= 0.3 is 5.97 Å². The van der Waals surface area contributed by atoms with E-state index < -0.39 is 0 Å². The van der Waals surface area contributed by atoms with E-state index in [1.165, 1.54) is 11.3 Å². The average Bonchev–Trinajstić information content (AvgIpc) is 3.08. The second-order valence-electron chi connectivity index (χ2n) is 4.94. The van der Waals surface area contributed by atoms with Crippen LogP contribution in [0.5, 0.6) is 0 Å². The quantitative estimate of drug-likeness (QED) is 0.518. The molecule has 0 N–H and O–H groups in total. The minimum absolute atomic E-state index is 0.239. The van der Waals surface area contributed by atoms with Crippen molar-refractivity contribution >= 4 is 39.1 Å². The molecule has 0 aliphatic heterocycles. The number of hydrogen-bond donors (Lipinski definition) is 0. The third-order valence-corrected chi connectivity index (χ3v) is 4.64. The van der Waals surface area contributed by atoms with E-state index in [2.05, 4.69) is 5.10 Å². The molecule has 0 amide bonds. The maximum Gasteiger partial charge on any atom is 0.348 e. The zero-order chi connectivity index (χ0) is 16.4. The zero-order valence-electron chi connectivity index (χ0n) is 12.7. The van der Waals surface area contributed by atoms with Crippen molar-refractivity contribution in [1.82, 2.24) is 9.78 Å². The van der Waals surface area contributed by atoms with Gasteiger partial charge in [0.25, 0.3) is 0 Å². The van der Waals surface area contributed by atoms with E-state index in [9.17, 15) is 4.79 Å². The van der Waals surface area contributed by atoms with Crippen LogP contribution in [0, 0.1) is 6.92 Å². The molecule has 0 aliphatic rings. The lowest BCUT2D eigenvalue weighted by Crippen LogP contribution is -2.08. The number of esters is 1. The van der Waals surface area contributed by atoms with Gasteiger partial charge in [0.2, 0.25) is 0 Å². The molecule has 5 nitrogen and oxygen atoms in total. The highest BCUT2D eigenvalue weighted by atomic mass is 35.5. The second kappa shape index (κ2) is 6.70. The highest BCUT2D eigenvalue weighted by Gasteiger charge is 2.18. The molecule has 0 saturated carbocycles. The van der Waals surface area contributed by atoms with E-state index >= 15 is 0 Å². The molecule has 7 heteroatoms. The summed E-state index contributed by atoms with van der Waals surface area (Å²) in [5.74, 6) is -0.347. The Morgan fingerprint density at radius 2 is 2.17 bits per heavy atom. The number of methoxy groups -OCH3 is 1. The normalized spacial score (nSPS) is 11.1. The van der Waals surface area contributed by atoms with Gasteiger partial charge in [-0.3, -0.25) is 0 Å². The summed E-state index contributed by atoms with van der Waals surface area (Å²) in [5.41, 5.74) is 1.71. The van der Waals surface area contributed by atoms with E-state index in [4.69, 9.17) is 21.1 Å². The highest BCUT2D eigenvalue weighted by molar-refractivity contribution is 7.20. The van der Waals surface area contributed by atoms with Crippen molar-refractivity contribution < 1.29 is 14.3 Å². The van der Waals surface area contributed by atoms with Gasteiger partial charge in [0.1, 0.15) is 16.3 Å². The van der Waals surface area contributed by atoms with E-state index in [0.717, 1.165) is 21.6 Å². The molecule has 0 saturated heterocycles. The Morgan fingerprint density at radius 1 is 1.35 bits per heavy atom. The fraction of sp³-hybridized carbons (Fsp3) is 0.250. The van der Waals surface area contributed by atoms with Crippen LogP contribution in [-0.4, -0.2) is 36.1 Å². The number of halogens is 1. The summed E-state index contributed by atoms with van der Waals surface area (Å²) in [4.78, 5) is 13.5. The number of carbonyl (C=O) groups excluding carboxylic acids is 1. The number of aromatic nitrogens is 2. The molecule has 0 radical (unpaired) electrons. The molecular weight excluding hydrogens is 336 g/mol. The number of nitrogens with zero attached hydrogens (tertiary/aromatic N) is 2. The third-order valence-electron chi connectivity index (χ3n) is 3.32. The minimum atomic E-state index is -0.347. The summed E-state index contributed by atoms with van der Waals surface area (Å²) in [6, 6.07) is 9.26. The number of carbonyl (C=O) groups is 1. The van der Waals surface area contributed by atoms with Gasteiger partial charge in [0, 0.05) is 17.5 Å². The van der Waals surface area contributed by atoms with Crippen LogP contribution >= 0.6 is 22.9 Å². The van der Waals surface area contributed by atoms with Crippen LogP contribution in [0.3, 0.4) is 0 Å². The largest absolute Gasteiger partial charge is 0.459 e. The maximum atomic E-state index is 12.1. The Bertz CT molecular complexity index is 856. The van der Waals surface area contributed by atoms with Gasteiger partial charge in [-0.05, 0) is 31.2 Å². The van der Waals surface area contributed by atoms with Crippen molar-refractivity contribution in [2.45, 2.75) is 6.92 Å². The number of thiophene rings is 1. The van der Waals surface area contributed by atoms with Gasteiger partial charge in [0.15, 0.2) is 0 Å². The molecule has 0 atom stereocenters. The SMILES string of the molecule is COCCOC(=O)c1cc2c(C)nn(-c3cccc(Cl)c3)c2s1. The lowest BCUT2D eigenvalue weighted by Gasteiger charge is -2.03. The van der Waals surface area contributed by atoms with E-state index in [-0.39, 0.29) is 12.6 Å². The van der Waals surface area contributed by atoms with Gasteiger partial charge in [-0.25, -0.2) is 9.48 Å². The van der Waals surface area contributed by atoms with Crippen molar-refractivity contribution in [1.29, 1.82) is 0 Å². The van der Waals surface area contributed by atoms with Crippen LogP contribution in [0.25, 0.3) is 15.9 Å². The number of ether oxygens (including phenoxy) is 2. The van der Waals surface area contributed by atoms with Crippen molar-refractivity contribution in [3.05, 3.63) is 45.9 Å². The second-order valence-corrected chi connectivity index (χ2v) is 6.40. The van der Waals surface area contributed by atoms with Gasteiger partial charge in [-0.2, -0.15) is 5.10 Å². The summed E-state index contributed by atoms with van der Waals surface area (Å²) in [5, 5.41) is 6.11. The molecule has 3 aromatic rings. The Morgan fingerprint density at radius 3 is 2.91 bits per heavy atom. The lowest BCUT2D eigenvalue weighted by atomic mass is 10.3. The Balaban J connectivity index is 1.97. The number of fused-ring (bicyclic) bond motifs is 1. The number of aryl methyl sites for hydroxylation is 1. The maximum absolute atomic E-state index is 12.1. The molecule has 0 fully saturated rings. The van der Waals surface area contributed by atoms with Crippen LogP contribution in [-0.2, 0) is 9.47 Å². The third kappa shape index (κ3) is 3.24. The van der Waals surface area contributed by atoms with Gasteiger partial charge < -0.3 is 9.47 Å². The van der Waals surface area contributed by atoms with E-state index in [0.29, 0.717) is 16.5 Å². The summed E-state index contributed by atoms with van der Waals surface area (Å²) in [6.07, 6.45) is 0. The predicted octanol–water partition coefficient (Wildman–Crippen LogP) is 3.85. The van der Waals surface area contributed by atoms with E-state index in [1.54, 1.807) is 11.8 Å². The molecule has 0 aliphatic carbocycles. The standard InChI is InChI=1S/C16H15ClN2O3S/c1-10-13-9-14(16(20)22-7-6-21-2)23-15(13)19(18-10)12-5-3-4-11(17)8-12/h3-5,8-9H,6-7H2,1-2H3. The average molecular weight is 351 g/mol. The molecule has 2 heterocycles. The zero-order valence-corrected chi connectivity index (χ0v) is 14.3. The van der Waals surface area contributed by atoms with Gasteiger partial charge in [0.05, 0.1) is 18.0 Å². The Labute approximate surface area is 142 Å². The Hall–Kier alpha value is -1.89. The number of hydrogen-bond acceptors (Lipinski definition) is 5. The first-order valence-corrected chi connectivity index (χ1v) is 8.21. The smallest absolute Gasteiger partial charge is 0.348 e. The lowest BCUT2D eigenvalue weighted by molar-refractivity contribution is 0.0393. The topological polar surface area (TPSA) is 53.4 Å². The van der Waals surface area contributed by atoms with Crippen LogP contribution in [0.1, 0.15) is 15.4 Å². The Kier molecular flexibility index (Phi) is 4.66. The summed E-state index contributed by atoms with van der Waals surface area (Å²) >= 11 is 7.41. The van der Waals surface area contributed by atoms with Crippen LogP contribution in [0.4, 0.5) is 0 Å². The van der Waals surface area contributed by atoms with Crippen LogP contribution < -0.4 is 0 Å². The first-order chi connectivity index (χ1) is 11.1. The molecule has 0 bridgehead atoms. The number of benzene rings is 1. The predicted molar refractivity (Wildman–Crippen MR) is 90.9 cm³/mol. The summed E-state index contributed by atoms with van der Waals surface area (Å²) in [6.45, 7) is 2.53. The van der Waals surface area contributed by atoms with Crippen molar-refractivity contribution in [2.24, 2.45) is 0 Å². The molecule has 120 valence electrons. The van der Waals surface area contributed by atoms with Gasteiger partial charge in [-0.15, -0.1) is 11.3 Å². The molecular formula is C16H15ClN2O3S. The minimum Gasteiger partial charge on any atom is -0.459 e. The first kappa shape index (κ1) is 16.0. The van der Waals surface area contributed by atoms with Crippen molar-refractivity contribution in [3.63, 3.8) is 0 Å². The first-order valence-electron chi connectivity index (χ1n) is 7.01. The summed E-state index contributed by atoms with van der Waals surface area (Å²) < 4.78 is 11.8. The molecule has 0 spiro atoms. The van der Waals surface area contributed by atoms with Crippen LogP contribution in [0.15, 0.2) is 30.3 Å². The molecule has 3 rings (SSSR count). The van der Waals surface area contributed by atoms with Crippen molar-refractivity contribution in [2.75, 3.05) is 20.3 Å². The van der Waals surface area contributed by atoms with Gasteiger partial charge in [-0.1, -0.05) is 17.7 Å².